The summed E-state index contributed by atoms with van der Waals surface area (Å²) in [6.45, 7) is 0.978. The maximum atomic E-state index is 13.3. The summed E-state index contributed by atoms with van der Waals surface area (Å²) in [5.41, 5.74) is 6.93. The van der Waals surface area contributed by atoms with Crippen LogP contribution in [0.5, 0.6) is 0 Å². The highest BCUT2D eigenvalue weighted by Gasteiger charge is 2.36. The molecule has 3 N–H and O–H groups in total. The predicted molar refractivity (Wildman–Crippen MR) is 92.6 cm³/mol. The number of nitrogens with one attached hydrogen (secondary N) is 1. The van der Waals surface area contributed by atoms with Crippen LogP contribution in [0.3, 0.4) is 0 Å². The molecule has 0 unspecified atom stereocenters. The molecular formula is C19H19F2N3O2. The first-order chi connectivity index (χ1) is 12.4. The molecule has 0 amide bonds. The van der Waals surface area contributed by atoms with Gasteiger partial charge in [-0.1, -0.05) is 24.3 Å². The van der Waals surface area contributed by atoms with Crippen molar-refractivity contribution in [1.29, 1.82) is 5.41 Å². The molecule has 3 rings (SSSR count). The zero-order valence-electron chi connectivity index (χ0n) is 14.0. The molecule has 0 bridgehead atoms. The number of nitrogens with two attached hydrogens (primary N) is 1. The number of hydrogen-bond acceptors (Lipinski definition) is 4. The molecule has 0 radical (unpaired) electrons. The zero-order chi connectivity index (χ0) is 18.7. The molecule has 26 heavy (non-hydrogen) atoms. The monoisotopic (exact) mass is 359 g/mol. The Kier molecular flexibility index (Phi) is 5.27. The fourth-order valence-electron chi connectivity index (χ4n) is 3.04. The maximum absolute atomic E-state index is 13.3. The number of ether oxygens (including phenoxy) is 1. The van der Waals surface area contributed by atoms with E-state index in [0.29, 0.717) is 13.1 Å². The number of amidine groups is 1. The highest BCUT2D eigenvalue weighted by atomic mass is 19.1. The van der Waals surface area contributed by atoms with E-state index < -0.39 is 5.97 Å². The van der Waals surface area contributed by atoms with Crippen LogP contribution in [-0.2, 0) is 9.53 Å². The van der Waals surface area contributed by atoms with E-state index in [-0.39, 0.29) is 36.0 Å². The average Bonchev–Trinajstić information content (AvgIpc) is 2.55. The minimum absolute atomic E-state index is 0.195. The molecule has 1 heterocycles. The van der Waals surface area contributed by atoms with Gasteiger partial charge in [0.25, 0.3) is 0 Å². The second kappa shape index (κ2) is 7.61. The lowest BCUT2D eigenvalue weighted by molar-refractivity contribution is -0.157. The van der Waals surface area contributed by atoms with Gasteiger partial charge >= 0.3 is 5.97 Å². The lowest BCUT2D eigenvalue weighted by Gasteiger charge is -2.44. The van der Waals surface area contributed by atoms with E-state index in [1.165, 1.54) is 24.3 Å². The summed E-state index contributed by atoms with van der Waals surface area (Å²) < 4.78 is 31.8. The van der Waals surface area contributed by atoms with Gasteiger partial charge in [0.05, 0.1) is 6.04 Å². The molecule has 1 aliphatic rings. The van der Waals surface area contributed by atoms with E-state index in [1.54, 1.807) is 24.3 Å². The largest absolute Gasteiger partial charge is 0.459 e. The Morgan fingerprint density at radius 1 is 1.08 bits per heavy atom. The van der Waals surface area contributed by atoms with Crippen LogP contribution in [0.4, 0.5) is 8.78 Å². The van der Waals surface area contributed by atoms with E-state index in [1.807, 2.05) is 0 Å². The Hall–Kier alpha value is -2.80. The molecule has 1 fully saturated rings. The maximum Gasteiger partial charge on any atom is 0.313 e. The van der Waals surface area contributed by atoms with Crippen LogP contribution >= 0.6 is 0 Å². The third-order valence-electron chi connectivity index (χ3n) is 4.25. The minimum atomic E-state index is -0.526. The summed E-state index contributed by atoms with van der Waals surface area (Å²) in [6.07, 6.45) is -0.513. The van der Waals surface area contributed by atoms with Gasteiger partial charge in [-0.15, -0.1) is 0 Å². The molecule has 0 aliphatic carbocycles. The first kappa shape index (κ1) is 18.0. The summed E-state index contributed by atoms with van der Waals surface area (Å²) in [6, 6.07) is 12.1. The van der Waals surface area contributed by atoms with Crippen molar-refractivity contribution in [3.63, 3.8) is 0 Å². The molecule has 0 spiro atoms. The van der Waals surface area contributed by atoms with Crippen molar-refractivity contribution in [3.05, 3.63) is 71.3 Å². The third kappa shape index (κ3) is 4.23. The van der Waals surface area contributed by atoms with Gasteiger partial charge < -0.3 is 10.5 Å². The zero-order valence-corrected chi connectivity index (χ0v) is 14.0. The molecule has 0 atom stereocenters. The van der Waals surface area contributed by atoms with E-state index >= 15 is 0 Å². The molecule has 2 aromatic rings. The molecule has 5 nitrogen and oxygen atoms in total. The number of esters is 1. The quantitative estimate of drug-likeness (QED) is 0.472. The first-order valence-corrected chi connectivity index (χ1v) is 8.19. The van der Waals surface area contributed by atoms with Crippen LogP contribution in [-0.4, -0.2) is 35.9 Å². The van der Waals surface area contributed by atoms with Gasteiger partial charge in [-0.25, -0.2) is 8.78 Å². The second-order valence-corrected chi connectivity index (χ2v) is 6.27. The van der Waals surface area contributed by atoms with Crippen LogP contribution in [0.15, 0.2) is 48.5 Å². The summed E-state index contributed by atoms with van der Waals surface area (Å²) >= 11 is 0. The summed E-state index contributed by atoms with van der Waals surface area (Å²) in [4.78, 5) is 13.7. The number of carbonyl (C=O) groups excluding carboxylic acids is 1. The van der Waals surface area contributed by atoms with Crippen molar-refractivity contribution in [2.45, 2.75) is 18.6 Å². The summed E-state index contributed by atoms with van der Waals surface area (Å²) in [5, 5.41) is 7.12. The third-order valence-corrected chi connectivity index (χ3v) is 4.25. The molecule has 0 aromatic heterocycles. The lowest BCUT2D eigenvalue weighted by Crippen LogP contribution is -2.54. The Morgan fingerprint density at radius 2 is 1.54 bits per heavy atom. The Labute approximate surface area is 149 Å². The topological polar surface area (TPSA) is 79.4 Å². The van der Waals surface area contributed by atoms with Gasteiger partial charge in [-0.2, -0.15) is 0 Å². The molecule has 1 aliphatic heterocycles. The van der Waals surface area contributed by atoms with E-state index in [2.05, 4.69) is 4.90 Å². The van der Waals surface area contributed by atoms with E-state index in [9.17, 15) is 13.6 Å². The van der Waals surface area contributed by atoms with Crippen molar-refractivity contribution in [2.75, 3.05) is 13.1 Å². The van der Waals surface area contributed by atoms with Crippen LogP contribution in [0.25, 0.3) is 0 Å². The lowest BCUT2D eigenvalue weighted by atomic mass is 9.93. The van der Waals surface area contributed by atoms with Crippen molar-refractivity contribution < 1.29 is 18.3 Å². The molecular weight excluding hydrogens is 340 g/mol. The molecule has 0 saturated carbocycles. The summed E-state index contributed by atoms with van der Waals surface area (Å²) in [5.74, 6) is -1.42. The summed E-state index contributed by atoms with van der Waals surface area (Å²) in [7, 11) is 0. The van der Waals surface area contributed by atoms with Crippen molar-refractivity contribution >= 4 is 11.8 Å². The predicted octanol–water partition coefficient (Wildman–Crippen LogP) is 2.61. The van der Waals surface area contributed by atoms with Gasteiger partial charge in [0.1, 0.15) is 30.0 Å². The Morgan fingerprint density at radius 3 is 1.96 bits per heavy atom. The number of hydrogen-bond donors (Lipinski definition) is 2. The van der Waals surface area contributed by atoms with Gasteiger partial charge in [0.15, 0.2) is 0 Å². The standard InChI is InChI=1S/C19H19F2N3O2/c20-14-5-1-12(2-6-14)19(13-3-7-15(21)8-4-13)24-10-16(11-24)26-18(25)9-17(22)23/h1-8,16,19H,9-11H2,(H3,22,23). The highest BCUT2D eigenvalue weighted by molar-refractivity contribution is 5.94. The van der Waals surface area contributed by atoms with E-state index in [0.717, 1.165) is 11.1 Å². The average molecular weight is 359 g/mol. The Balaban J connectivity index is 1.73. The number of likely N-dealkylation sites (tertiary alicyclic amines) is 1. The minimum Gasteiger partial charge on any atom is -0.459 e. The van der Waals surface area contributed by atoms with Gasteiger partial charge in [0, 0.05) is 13.1 Å². The van der Waals surface area contributed by atoms with Crippen molar-refractivity contribution in [2.24, 2.45) is 5.73 Å². The molecule has 136 valence electrons. The number of halogens is 2. The number of rotatable bonds is 6. The van der Waals surface area contributed by atoms with Crippen LogP contribution in [0.2, 0.25) is 0 Å². The van der Waals surface area contributed by atoms with Crippen LogP contribution < -0.4 is 5.73 Å². The second-order valence-electron chi connectivity index (χ2n) is 6.27. The first-order valence-electron chi connectivity index (χ1n) is 8.19. The Bertz CT molecular complexity index is 742. The fraction of sp³-hybridized carbons (Fsp3) is 0.263. The number of nitrogens with zero attached hydrogens (tertiary/aromatic N) is 1. The van der Waals surface area contributed by atoms with Gasteiger partial charge in [0.2, 0.25) is 0 Å². The number of benzene rings is 2. The fourth-order valence-corrected chi connectivity index (χ4v) is 3.04. The normalized spacial score (nSPS) is 14.9. The smallest absolute Gasteiger partial charge is 0.313 e. The number of carbonyl (C=O) groups is 1. The molecule has 2 aromatic carbocycles. The van der Waals surface area contributed by atoms with Crippen LogP contribution in [0.1, 0.15) is 23.6 Å². The van der Waals surface area contributed by atoms with Gasteiger partial charge in [-0.05, 0) is 35.4 Å². The highest BCUT2D eigenvalue weighted by Crippen LogP contribution is 2.33. The molecule has 7 heteroatoms. The van der Waals surface area contributed by atoms with Gasteiger partial charge in [-0.3, -0.25) is 15.1 Å². The van der Waals surface area contributed by atoms with Crippen molar-refractivity contribution in [3.8, 4) is 0 Å². The SMILES string of the molecule is N=C(N)CC(=O)OC1CN(C(c2ccc(F)cc2)c2ccc(F)cc2)C1. The molecule has 1 saturated heterocycles. The van der Waals surface area contributed by atoms with Crippen molar-refractivity contribution in [1.82, 2.24) is 4.90 Å². The van der Waals surface area contributed by atoms with Crippen LogP contribution in [0, 0.1) is 17.0 Å². The van der Waals surface area contributed by atoms with E-state index in [4.69, 9.17) is 15.9 Å².